The topological polar surface area (TPSA) is 37.8 Å². The van der Waals surface area contributed by atoms with Crippen molar-refractivity contribution in [3.8, 4) is 11.4 Å². The maximum Gasteiger partial charge on any atom is 0.162 e. The van der Waals surface area contributed by atoms with Crippen LogP contribution in [-0.2, 0) is 11.5 Å². The number of aromatic nitrogens is 2. The van der Waals surface area contributed by atoms with E-state index in [1.54, 1.807) is 0 Å². The van der Waals surface area contributed by atoms with Gasteiger partial charge in [0.15, 0.2) is 5.82 Å². The van der Waals surface area contributed by atoms with Gasteiger partial charge in [-0.1, -0.05) is 24.6 Å². The third-order valence-corrected chi connectivity index (χ3v) is 4.72. The lowest BCUT2D eigenvalue weighted by Crippen LogP contribution is -2.08. The monoisotopic (exact) mass is 299 g/mol. The molecule has 0 radical (unpaired) electrons. The first-order chi connectivity index (χ1) is 10.2. The van der Waals surface area contributed by atoms with Crippen LogP contribution in [-0.4, -0.2) is 16.5 Å². The maximum absolute atomic E-state index is 4.82. The molecule has 0 saturated carbocycles. The number of fused-ring (bicyclic) bond motifs is 1. The first kappa shape index (κ1) is 14.4. The van der Waals surface area contributed by atoms with E-state index >= 15 is 0 Å². The molecule has 4 heteroatoms. The zero-order valence-electron chi connectivity index (χ0n) is 12.9. The molecule has 0 aliphatic carbocycles. The van der Waals surface area contributed by atoms with Crippen LogP contribution in [0.1, 0.15) is 35.7 Å². The van der Waals surface area contributed by atoms with E-state index in [0.29, 0.717) is 0 Å². The summed E-state index contributed by atoms with van der Waals surface area (Å²) in [6.07, 6.45) is 1.10. The zero-order chi connectivity index (χ0) is 14.8. The van der Waals surface area contributed by atoms with Crippen molar-refractivity contribution in [3.05, 3.63) is 40.6 Å². The van der Waals surface area contributed by atoms with Gasteiger partial charge in [0.2, 0.25) is 0 Å². The predicted molar refractivity (Wildman–Crippen MR) is 90.7 cm³/mol. The molecule has 3 rings (SSSR count). The second kappa shape index (κ2) is 6.06. The summed E-state index contributed by atoms with van der Waals surface area (Å²) < 4.78 is 0. The van der Waals surface area contributed by atoms with Gasteiger partial charge in [-0.2, -0.15) is 11.8 Å². The number of hydrogen-bond donors (Lipinski definition) is 1. The molecule has 3 nitrogen and oxygen atoms in total. The summed E-state index contributed by atoms with van der Waals surface area (Å²) in [6, 6.07) is 6.47. The number of rotatable bonds is 4. The van der Waals surface area contributed by atoms with E-state index in [1.165, 1.54) is 22.4 Å². The van der Waals surface area contributed by atoms with Crippen LogP contribution in [0.3, 0.4) is 0 Å². The highest BCUT2D eigenvalue weighted by molar-refractivity contribution is 7.98. The van der Waals surface area contributed by atoms with Crippen LogP contribution >= 0.6 is 11.8 Å². The Balaban J connectivity index is 2.08. The molecular weight excluding hydrogens is 278 g/mol. The van der Waals surface area contributed by atoms with E-state index in [0.717, 1.165) is 41.7 Å². The van der Waals surface area contributed by atoms with Crippen molar-refractivity contribution >= 4 is 17.6 Å². The van der Waals surface area contributed by atoms with E-state index in [1.807, 2.05) is 11.8 Å². The summed E-state index contributed by atoms with van der Waals surface area (Å²) in [7, 11) is 0. The number of thioether (sulfide) groups is 1. The molecule has 110 valence electrons. The van der Waals surface area contributed by atoms with E-state index in [4.69, 9.17) is 9.97 Å². The molecule has 21 heavy (non-hydrogen) atoms. The van der Waals surface area contributed by atoms with E-state index in [-0.39, 0.29) is 0 Å². The van der Waals surface area contributed by atoms with Crippen molar-refractivity contribution in [3.63, 3.8) is 0 Å². The van der Waals surface area contributed by atoms with Gasteiger partial charge in [0.05, 0.1) is 5.69 Å². The smallest absolute Gasteiger partial charge is 0.162 e. The number of benzene rings is 1. The van der Waals surface area contributed by atoms with Crippen LogP contribution in [0.2, 0.25) is 0 Å². The molecule has 1 N–H and O–H groups in total. The van der Waals surface area contributed by atoms with Crippen molar-refractivity contribution in [2.24, 2.45) is 0 Å². The second-order valence-electron chi connectivity index (χ2n) is 5.56. The van der Waals surface area contributed by atoms with Gasteiger partial charge in [0.25, 0.3) is 0 Å². The fourth-order valence-corrected chi connectivity index (χ4v) is 3.58. The lowest BCUT2D eigenvalue weighted by Gasteiger charge is -2.13. The van der Waals surface area contributed by atoms with Crippen LogP contribution in [0.25, 0.3) is 11.4 Å². The number of hydrogen-bond acceptors (Lipinski definition) is 4. The molecule has 0 spiro atoms. The van der Waals surface area contributed by atoms with Crippen molar-refractivity contribution in [2.75, 3.05) is 11.9 Å². The number of nitrogens with zero attached hydrogens (tertiary/aromatic N) is 2. The number of aryl methyl sites for hydroxylation is 2. The standard InChI is InChI=1S/C17H21N3S/c1-4-7-18-16-14-9-21-10-15(14)19-17(20-16)13-8-11(2)5-6-12(13)3/h5-6,8H,4,7,9-10H2,1-3H3,(H,18,19,20). The minimum atomic E-state index is 0.857. The molecule has 0 bridgehead atoms. The first-order valence-electron chi connectivity index (χ1n) is 7.48. The highest BCUT2D eigenvalue weighted by Gasteiger charge is 2.20. The molecule has 0 amide bonds. The largest absolute Gasteiger partial charge is 0.370 e. The first-order valence-corrected chi connectivity index (χ1v) is 8.63. The Morgan fingerprint density at radius 3 is 2.86 bits per heavy atom. The molecule has 1 aromatic carbocycles. The Hall–Kier alpha value is -1.55. The average molecular weight is 299 g/mol. The lowest BCUT2D eigenvalue weighted by atomic mass is 10.0. The molecule has 0 saturated heterocycles. The van der Waals surface area contributed by atoms with Crippen LogP contribution < -0.4 is 5.32 Å². The molecule has 1 aliphatic rings. The van der Waals surface area contributed by atoms with Gasteiger partial charge in [-0.15, -0.1) is 0 Å². The highest BCUT2D eigenvalue weighted by Crippen LogP contribution is 2.35. The summed E-state index contributed by atoms with van der Waals surface area (Å²) in [5.74, 6) is 3.91. The molecule has 2 aromatic rings. The minimum absolute atomic E-state index is 0.857. The molecule has 0 unspecified atom stereocenters. The Kier molecular flexibility index (Phi) is 4.15. The molecule has 0 atom stereocenters. The maximum atomic E-state index is 4.82. The van der Waals surface area contributed by atoms with Gasteiger partial charge in [-0.05, 0) is 31.9 Å². The molecule has 1 aromatic heterocycles. The van der Waals surface area contributed by atoms with E-state index < -0.39 is 0 Å². The average Bonchev–Trinajstić information content (AvgIpc) is 2.95. The van der Waals surface area contributed by atoms with Crippen LogP contribution in [0.15, 0.2) is 18.2 Å². The Morgan fingerprint density at radius 1 is 1.19 bits per heavy atom. The van der Waals surface area contributed by atoms with Gasteiger partial charge in [0, 0.05) is 29.2 Å². The fourth-order valence-electron chi connectivity index (χ4n) is 2.54. The van der Waals surface area contributed by atoms with Gasteiger partial charge in [-0.3, -0.25) is 0 Å². The van der Waals surface area contributed by atoms with Gasteiger partial charge < -0.3 is 5.32 Å². The summed E-state index contributed by atoms with van der Waals surface area (Å²) in [5, 5.41) is 3.47. The fraction of sp³-hybridized carbons (Fsp3) is 0.412. The molecular formula is C17H21N3S. The number of anilines is 1. The third-order valence-electron chi connectivity index (χ3n) is 3.75. The highest BCUT2D eigenvalue weighted by atomic mass is 32.2. The summed E-state index contributed by atoms with van der Waals surface area (Å²) in [4.78, 5) is 9.64. The lowest BCUT2D eigenvalue weighted by molar-refractivity contribution is 0.955. The summed E-state index contributed by atoms with van der Waals surface area (Å²) in [6.45, 7) is 7.37. The quantitative estimate of drug-likeness (QED) is 0.912. The van der Waals surface area contributed by atoms with Crippen LogP contribution in [0.4, 0.5) is 5.82 Å². The van der Waals surface area contributed by atoms with Gasteiger partial charge in [0.1, 0.15) is 5.82 Å². The Morgan fingerprint density at radius 2 is 2.05 bits per heavy atom. The van der Waals surface area contributed by atoms with Crippen LogP contribution in [0.5, 0.6) is 0 Å². The van der Waals surface area contributed by atoms with Gasteiger partial charge in [-0.25, -0.2) is 9.97 Å². The van der Waals surface area contributed by atoms with Crippen molar-refractivity contribution < 1.29 is 0 Å². The van der Waals surface area contributed by atoms with Gasteiger partial charge >= 0.3 is 0 Å². The van der Waals surface area contributed by atoms with Crippen molar-refractivity contribution in [1.29, 1.82) is 0 Å². The normalized spacial score (nSPS) is 13.3. The van der Waals surface area contributed by atoms with E-state index in [9.17, 15) is 0 Å². The minimum Gasteiger partial charge on any atom is -0.370 e. The van der Waals surface area contributed by atoms with Crippen molar-refractivity contribution in [1.82, 2.24) is 9.97 Å². The predicted octanol–water partition coefficient (Wildman–Crippen LogP) is 4.33. The van der Waals surface area contributed by atoms with Crippen LogP contribution in [0, 0.1) is 13.8 Å². The SMILES string of the molecule is CCCNc1nc(-c2cc(C)ccc2C)nc2c1CSC2. The summed E-state index contributed by atoms with van der Waals surface area (Å²) >= 11 is 1.92. The summed E-state index contributed by atoms with van der Waals surface area (Å²) in [5.41, 5.74) is 6.12. The Labute approximate surface area is 130 Å². The molecule has 2 heterocycles. The molecule has 1 aliphatic heterocycles. The Bertz CT molecular complexity index is 667. The third kappa shape index (κ3) is 2.91. The van der Waals surface area contributed by atoms with E-state index in [2.05, 4.69) is 44.3 Å². The zero-order valence-corrected chi connectivity index (χ0v) is 13.7. The van der Waals surface area contributed by atoms with Crippen molar-refractivity contribution in [2.45, 2.75) is 38.7 Å². The number of nitrogens with one attached hydrogen (secondary N) is 1. The molecule has 0 fully saturated rings. The second-order valence-corrected chi connectivity index (χ2v) is 6.54.